The van der Waals surface area contributed by atoms with Crippen LogP contribution in [0.3, 0.4) is 0 Å². The molecule has 2 heterocycles. The van der Waals surface area contributed by atoms with Gasteiger partial charge in [-0.3, -0.25) is 0 Å². The lowest BCUT2D eigenvalue weighted by Gasteiger charge is -2.32. The summed E-state index contributed by atoms with van der Waals surface area (Å²) in [6.45, 7) is 2.01. The predicted molar refractivity (Wildman–Crippen MR) is 110 cm³/mol. The van der Waals surface area contributed by atoms with Crippen LogP contribution in [0, 0.1) is 6.92 Å². The number of hydrogen-bond acceptors (Lipinski definition) is 7. The third kappa shape index (κ3) is 4.99. The lowest BCUT2D eigenvalue weighted by atomic mass is 9.92. The zero-order chi connectivity index (χ0) is 20.9. The minimum absolute atomic E-state index is 0.0781. The highest BCUT2D eigenvalue weighted by atomic mass is 16.5. The molecule has 0 bridgehead atoms. The molecule has 7 nitrogen and oxygen atoms in total. The third-order valence-corrected chi connectivity index (χ3v) is 5.32. The Morgan fingerprint density at radius 2 is 1.83 bits per heavy atom. The van der Waals surface area contributed by atoms with Crippen LogP contribution in [0.1, 0.15) is 41.2 Å². The second kappa shape index (κ2) is 9.30. The van der Waals surface area contributed by atoms with Gasteiger partial charge in [-0.05, 0) is 47.7 Å². The summed E-state index contributed by atoms with van der Waals surface area (Å²) >= 11 is 0. The molecule has 1 saturated heterocycles. The molecular weight excluding hydrogens is 382 g/mol. The minimum atomic E-state index is -0.456. The maximum absolute atomic E-state index is 10.1. The van der Waals surface area contributed by atoms with Crippen LogP contribution in [0.15, 0.2) is 55.1 Å². The van der Waals surface area contributed by atoms with E-state index in [9.17, 15) is 10.2 Å². The van der Waals surface area contributed by atoms with Crippen molar-refractivity contribution < 1.29 is 19.7 Å². The van der Waals surface area contributed by atoms with Crippen molar-refractivity contribution in [3.05, 3.63) is 77.4 Å². The van der Waals surface area contributed by atoms with Gasteiger partial charge in [-0.15, -0.1) is 0 Å². The van der Waals surface area contributed by atoms with Crippen LogP contribution in [0.4, 0.5) is 0 Å². The predicted octanol–water partition coefficient (Wildman–Crippen LogP) is 3.14. The van der Waals surface area contributed by atoms with E-state index >= 15 is 0 Å². The molecule has 1 aliphatic heterocycles. The molecule has 156 valence electrons. The van der Waals surface area contributed by atoms with Crippen LogP contribution in [0.25, 0.3) is 0 Å². The molecule has 1 fully saturated rings. The summed E-state index contributed by atoms with van der Waals surface area (Å²) in [5.74, 6) is 0.662. The molecule has 0 spiro atoms. The Kier molecular flexibility index (Phi) is 6.32. The van der Waals surface area contributed by atoms with Gasteiger partial charge >= 0.3 is 6.01 Å². The fraction of sp³-hybridized carbons (Fsp3) is 0.348. The van der Waals surface area contributed by atoms with Crippen molar-refractivity contribution in [2.24, 2.45) is 0 Å². The Morgan fingerprint density at radius 1 is 1.07 bits per heavy atom. The van der Waals surface area contributed by atoms with Crippen molar-refractivity contribution in [3.8, 4) is 11.8 Å². The number of rotatable bonds is 6. The number of aryl methyl sites for hydroxylation is 1. The Bertz CT molecular complexity index is 966. The lowest BCUT2D eigenvalue weighted by Crippen LogP contribution is -2.33. The van der Waals surface area contributed by atoms with Gasteiger partial charge in [-0.2, -0.15) is 9.97 Å². The molecular formula is C23H25N3O4. The molecule has 30 heavy (non-hydrogen) atoms. The van der Waals surface area contributed by atoms with Crippen LogP contribution >= 0.6 is 0 Å². The summed E-state index contributed by atoms with van der Waals surface area (Å²) in [6.07, 6.45) is 3.59. The molecule has 0 saturated carbocycles. The van der Waals surface area contributed by atoms with Crippen LogP contribution in [0.2, 0.25) is 0 Å². The summed E-state index contributed by atoms with van der Waals surface area (Å²) in [7, 11) is 0. The normalized spacial score (nSPS) is 21.4. The van der Waals surface area contributed by atoms with Gasteiger partial charge in [0.25, 0.3) is 0 Å². The zero-order valence-electron chi connectivity index (χ0n) is 16.8. The maximum Gasteiger partial charge on any atom is 0.324 e. The fourth-order valence-corrected chi connectivity index (χ4v) is 3.69. The zero-order valence-corrected chi connectivity index (χ0v) is 16.8. The van der Waals surface area contributed by atoms with E-state index < -0.39 is 6.10 Å². The number of nitrogens with zero attached hydrogens (tertiary/aromatic N) is 3. The van der Waals surface area contributed by atoms with Crippen molar-refractivity contribution >= 4 is 0 Å². The van der Waals surface area contributed by atoms with Crippen molar-refractivity contribution in [2.75, 3.05) is 6.61 Å². The number of aromatic nitrogens is 3. The number of ether oxygens (including phenoxy) is 2. The number of hydrogen-bond donors (Lipinski definition) is 2. The average molecular weight is 407 g/mol. The summed E-state index contributed by atoms with van der Waals surface area (Å²) in [5, 5.41) is 19.5. The largest absolute Gasteiger partial charge is 0.424 e. The van der Waals surface area contributed by atoms with Crippen LogP contribution in [-0.2, 0) is 11.2 Å². The third-order valence-electron chi connectivity index (χ3n) is 5.32. The van der Waals surface area contributed by atoms with Crippen LogP contribution in [0.5, 0.6) is 11.8 Å². The molecule has 0 amide bonds. The Hall–Kier alpha value is -2.87. The van der Waals surface area contributed by atoms with Gasteiger partial charge in [0, 0.05) is 12.8 Å². The molecule has 7 heteroatoms. The highest BCUT2D eigenvalue weighted by Gasteiger charge is 2.29. The molecule has 0 unspecified atom stereocenters. The molecule has 3 aromatic rings. The van der Waals surface area contributed by atoms with E-state index in [1.54, 1.807) is 0 Å². The molecule has 4 rings (SSSR count). The first kappa shape index (κ1) is 20.4. The summed E-state index contributed by atoms with van der Waals surface area (Å²) in [4.78, 5) is 11.7. The first-order valence-electron chi connectivity index (χ1n) is 10.0. The molecule has 2 N–H and O–H groups in total. The quantitative estimate of drug-likeness (QED) is 0.648. The second-order valence-corrected chi connectivity index (χ2v) is 7.58. The fourth-order valence-electron chi connectivity index (χ4n) is 3.69. The second-order valence-electron chi connectivity index (χ2n) is 7.58. The van der Waals surface area contributed by atoms with Gasteiger partial charge in [0.2, 0.25) is 0 Å². The highest BCUT2D eigenvalue weighted by molar-refractivity contribution is 5.38. The van der Waals surface area contributed by atoms with E-state index in [4.69, 9.17) is 9.47 Å². The van der Waals surface area contributed by atoms with Crippen molar-refractivity contribution in [3.63, 3.8) is 0 Å². The molecule has 0 aliphatic carbocycles. The Morgan fingerprint density at radius 3 is 2.57 bits per heavy atom. The van der Waals surface area contributed by atoms with Crippen LogP contribution in [-0.4, -0.2) is 44.0 Å². The van der Waals surface area contributed by atoms with Gasteiger partial charge in [0.05, 0.1) is 24.9 Å². The van der Waals surface area contributed by atoms with E-state index in [1.165, 1.54) is 23.8 Å². The number of benzene rings is 2. The number of aliphatic hydroxyl groups excluding tert-OH is 2. The topological polar surface area (TPSA) is 97.6 Å². The standard InChI is InChI=1S/C23H25N3O4/c1-15-2-5-17(22-11-19(28)10-21(12-27)29-22)9-18(15)8-16-3-6-20(7-4-16)30-23-25-13-24-14-26-23/h2-7,9,13-14,19,21-22,27-28H,8,10-12H2,1H3/t19-,21-,22+/m0/s1. The van der Waals surface area contributed by atoms with Crippen molar-refractivity contribution in [2.45, 2.75) is 44.5 Å². The lowest BCUT2D eigenvalue weighted by molar-refractivity contribution is -0.113. The number of aliphatic hydroxyl groups is 2. The van der Waals surface area contributed by atoms with E-state index in [0.29, 0.717) is 18.6 Å². The molecule has 3 atom stereocenters. The van der Waals surface area contributed by atoms with E-state index in [0.717, 1.165) is 17.5 Å². The van der Waals surface area contributed by atoms with E-state index in [1.807, 2.05) is 30.3 Å². The van der Waals surface area contributed by atoms with Gasteiger partial charge in [0.15, 0.2) is 0 Å². The molecule has 1 aliphatic rings. The first-order valence-corrected chi connectivity index (χ1v) is 10.0. The minimum Gasteiger partial charge on any atom is -0.424 e. The highest BCUT2D eigenvalue weighted by Crippen LogP contribution is 2.33. The molecule has 0 radical (unpaired) electrons. The van der Waals surface area contributed by atoms with E-state index in [-0.39, 0.29) is 24.8 Å². The SMILES string of the molecule is Cc1ccc([C@H]2C[C@@H](O)C[C@@H](CO)O2)cc1Cc1ccc(Oc2ncncn2)cc1. The van der Waals surface area contributed by atoms with Crippen LogP contribution < -0.4 is 4.74 Å². The summed E-state index contributed by atoms with van der Waals surface area (Å²) in [5.41, 5.74) is 4.57. The first-order chi connectivity index (χ1) is 14.6. The van der Waals surface area contributed by atoms with Gasteiger partial charge in [-0.1, -0.05) is 30.3 Å². The van der Waals surface area contributed by atoms with Gasteiger partial charge in [0.1, 0.15) is 18.4 Å². The van der Waals surface area contributed by atoms with E-state index in [2.05, 4.69) is 34.0 Å². The Labute approximate surface area is 175 Å². The molecule has 1 aromatic heterocycles. The maximum atomic E-state index is 10.1. The average Bonchev–Trinajstić information content (AvgIpc) is 2.77. The van der Waals surface area contributed by atoms with Gasteiger partial charge < -0.3 is 19.7 Å². The van der Waals surface area contributed by atoms with Crippen molar-refractivity contribution in [1.82, 2.24) is 15.0 Å². The van der Waals surface area contributed by atoms with Crippen molar-refractivity contribution in [1.29, 1.82) is 0 Å². The monoisotopic (exact) mass is 407 g/mol. The molecule has 2 aromatic carbocycles. The summed E-state index contributed by atoms with van der Waals surface area (Å²) in [6, 6.07) is 14.4. The smallest absolute Gasteiger partial charge is 0.324 e. The summed E-state index contributed by atoms with van der Waals surface area (Å²) < 4.78 is 11.6. The Balaban J connectivity index is 1.47. The van der Waals surface area contributed by atoms with Gasteiger partial charge in [-0.25, -0.2) is 4.98 Å².